The van der Waals surface area contributed by atoms with Crippen LogP contribution in [0.4, 0.5) is 10.2 Å². The summed E-state index contributed by atoms with van der Waals surface area (Å²) in [6, 6.07) is 1.94. The van der Waals surface area contributed by atoms with Crippen molar-refractivity contribution >= 4 is 5.82 Å². The molecular formula is C13H21FN4. The molecule has 1 atom stereocenters. The fraction of sp³-hybridized carbons (Fsp3) is 0.615. The van der Waals surface area contributed by atoms with E-state index in [1.165, 1.54) is 12.3 Å². The Morgan fingerprint density at radius 1 is 1.56 bits per heavy atom. The number of anilines is 1. The van der Waals surface area contributed by atoms with Crippen LogP contribution in [0.5, 0.6) is 0 Å². The maximum Gasteiger partial charge on any atom is 0.141 e. The minimum Gasteiger partial charge on any atom is -0.352 e. The van der Waals surface area contributed by atoms with Crippen molar-refractivity contribution in [2.45, 2.75) is 25.4 Å². The molecule has 1 saturated heterocycles. The van der Waals surface area contributed by atoms with Gasteiger partial charge in [0, 0.05) is 31.2 Å². The summed E-state index contributed by atoms with van der Waals surface area (Å²) in [6.07, 6.45) is 3.59. The Bertz CT molecular complexity index is 408. The zero-order valence-electron chi connectivity index (χ0n) is 11.1. The van der Waals surface area contributed by atoms with Gasteiger partial charge >= 0.3 is 0 Å². The van der Waals surface area contributed by atoms with E-state index in [-0.39, 0.29) is 5.82 Å². The van der Waals surface area contributed by atoms with Gasteiger partial charge in [0.15, 0.2) is 0 Å². The van der Waals surface area contributed by atoms with Crippen molar-refractivity contribution in [3.05, 3.63) is 23.6 Å². The number of likely N-dealkylation sites (N-methyl/N-ethyl adjacent to an activating group) is 1. The molecule has 1 unspecified atom stereocenters. The molecule has 1 aliphatic heterocycles. The molecule has 0 saturated carbocycles. The minimum absolute atomic E-state index is 0.317. The summed E-state index contributed by atoms with van der Waals surface area (Å²) in [5.74, 6) is 0.533. The third-order valence-corrected chi connectivity index (χ3v) is 3.35. The Balaban J connectivity index is 2.24. The number of halogens is 1. The van der Waals surface area contributed by atoms with Crippen molar-refractivity contribution < 1.29 is 4.39 Å². The molecule has 1 aromatic heterocycles. The highest BCUT2D eigenvalue weighted by Gasteiger charge is 2.27. The van der Waals surface area contributed by atoms with E-state index < -0.39 is 0 Å². The summed E-state index contributed by atoms with van der Waals surface area (Å²) >= 11 is 0. The van der Waals surface area contributed by atoms with Gasteiger partial charge in [-0.3, -0.25) is 0 Å². The third kappa shape index (κ3) is 2.79. The van der Waals surface area contributed by atoms with Crippen LogP contribution in [0.15, 0.2) is 12.3 Å². The summed E-state index contributed by atoms with van der Waals surface area (Å²) in [4.78, 5) is 8.68. The second kappa shape index (κ2) is 5.63. The van der Waals surface area contributed by atoms with Gasteiger partial charge in [-0.2, -0.15) is 0 Å². The maximum absolute atomic E-state index is 13.2. The van der Waals surface area contributed by atoms with Crippen molar-refractivity contribution in [1.29, 1.82) is 0 Å². The van der Waals surface area contributed by atoms with Gasteiger partial charge in [0.2, 0.25) is 0 Å². The lowest BCUT2D eigenvalue weighted by atomic mass is 10.2. The molecule has 0 bridgehead atoms. The molecule has 0 radical (unpaired) electrons. The number of nitrogens with two attached hydrogens (primary N) is 1. The molecule has 1 fully saturated rings. The Labute approximate surface area is 108 Å². The van der Waals surface area contributed by atoms with Gasteiger partial charge in [0.05, 0.1) is 6.20 Å². The largest absolute Gasteiger partial charge is 0.352 e. The Morgan fingerprint density at radius 2 is 2.33 bits per heavy atom. The van der Waals surface area contributed by atoms with Crippen molar-refractivity contribution in [2.75, 3.05) is 32.1 Å². The molecule has 1 aromatic rings. The lowest BCUT2D eigenvalue weighted by Gasteiger charge is -2.29. The number of aromatic nitrogens is 1. The number of hydrogen-bond acceptors (Lipinski definition) is 4. The van der Waals surface area contributed by atoms with E-state index in [1.807, 2.05) is 0 Å². The monoisotopic (exact) mass is 252 g/mol. The Hall–Kier alpha value is -1.20. The van der Waals surface area contributed by atoms with E-state index in [4.69, 9.17) is 5.73 Å². The molecule has 2 heterocycles. The zero-order valence-corrected chi connectivity index (χ0v) is 11.1. The van der Waals surface area contributed by atoms with Gasteiger partial charge in [-0.15, -0.1) is 0 Å². The highest BCUT2D eigenvalue weighted by atomic mass is 19.1. The lowest BCUT2D eigenvalue weighted by Crippen LogP contribution is -2.38. The first-order valence-corrected chi connectivity index (χ1v) is 6.37. The van der Waals surface area contributed by atoms with Crippen LogP contribution in [-0.2, 0) is 6.54 Å². The van der Waals surface area contributed by atoms with Gasteiger partial charge < -0.3 is 15.5 Å². The highest BCUT2D eigenvalue weighted by molar-refractivity contribution is 5.48. The lowest BCUT2D eigenvalue weighted by molar-refractivity contribution is 0.371. The van der Waals surface area contributed by atoms with Crippen LogP contribution in [0.1, 0.15) is 18.4 Å². The third-order valence-electron chi connectivity index (χ3n) is 3.35. The van der Waals surface area contributed by atoms with E-state index in [9.17, 15) is 4.39 Å². The molecular weight excluding hydrogens is 231 g/mol. The van der Waals surface area contributed by atoms with Gasteiger partial charge in [-0.1, -0.05) is 0 Å². The van der Waals surface area contributed by atoms with E-state index >= 15 is 0 Å². The quantitative estimate of drug-likeness (QED) is 0.875. The minimum atomic E-state index is -0.317. The predicted octanol–water partition coefficient (Wildman–Crippen LogP) is 1.21. The average Bonchev–Trinajstić information content (AvgIpc) is 2.76. The fourth-order valence-corrected chi connectivity index (χ4v) is 2.61. The van der Waals surface area contributed by atoms with Gasteiger partial charge in [-0.05, 0) is 33.0 Å². The van der Waals surface area contributed by atoms with E-state index in [1.54, 1.807) is 0 Å². The highest BCUT2D eigenvalue weighted by Crippen LogP contribution is 2.27. The number of nitrogens with zero attached hydrogens (tertiary/aromatic N) is 3. The molecule has 0 aliphatic carbocycles. The van der Waals surface area contributed by atoms with E-state index in [0.717, 1.165) is 37.3 Å². The van der Waals surface area contributed by atoms with E-state index in [2.05, 4.69) is 28.9 Å². The maximum atomic E-state index is 13.2. The van der Waals surface area contributed by atoms with Crippen LogP contribution in [0.3, 0.4) is 0 Å². The fourth-order valence-electron chi connectivity index (χ4n) is 2.61. The van der Waals surface area contributed by atoms with Gasteiger partial charge in [0.1, 0.15) is 11.6 Å². The van der Waals surface area contributed by atoms with Crippen molar-refractivity contribution in [3.63, 3.8) is 0 Å². The number of pyridine rings is 1. The molecule has 2 N–H and O–H groups in total. The molecule has 1 aliphatic rings. The Morgan fingerprint density at radius 3 is 3.00 bits per heavy atom. The molecule has 2 rings (SSSR count). The van der Waals surface area contributed by atoms with Crippen molar-refractivity contribution in [1.82, 2.24) is 9.88 Å². The first-order chi connectivity index (χ1) is 8.61. The molecule has 4 nitrogen and oxygen atoms in total. The Kier molecular flexibility index (Phi) is 4.14. The summed E-state index contributed by atoms with van der Waals surface area (Å²) < 4.78 is 13.2. The van der Waals surface area contributed by atoms with Gasteiger partial charge in [0.25, 0.3) is 0 Å². The summed E-state index contributed by atoms with van der Waals surface area (Å²) in [7, 11) is 4.14. The molecule has 0 aromatic carbocycles. The standard InChI is InChI=1S/C13H21FN4/c1-17(2)9-12-4-3-5-18(12)13-10(7-15)6-11(14)8-16-13/h6,8,12H,3-5,7,9,15H2,1-2H3. The van der Waals surface area contributed by atoms with Crippen LogP contribution in [0, 0.1) is 5.82 Å². The van der Waals surface area contributed by atoms with Crippen molar-refractivity contribution in [3.8, 4) is 0 Å². The molecule has 0 spiro atoms. The van der Waals surface area contributed by atoms with Crippen LogP contribution in [0.25, 0.3) is 0 Å². The average molecular weight is 252 g/mol. The van der Waals surface area contributed by atoms with Crippen LogP contribution < -0.4 is 10.6 Å². The first-order valence-electron chi connectivity index (χ1n) is 6.37. The normalized spacial score (nSPS) is 19.8. The number of hydrogen-bond donors (Lipinski definition) is 1. The van der Waals surface area contributed by atoms with Crippen LogP contribution in [-0.4, -0.2) is 43.1 Å². The summed E-state index contributed by atoms with van der Waals surface area (Å²) in [5, 5.41) is 0. The second-order valence-electron chi connectivity index (χ2n) is 5.09. The number of rotatable bonds is 4. The molecule has 18 heavy (non-hydrogen) atoms. The molecule has 0 amide bonds. The second-order valence-corrected chi connectivity index (χ2v) is 5.09. The van der Waals surface area contributed by atoms with E-state index in [0.29, 0.717) is 12.6 Å². The topological polar surface area (TPSA) is 45.4 Å². The summed E-state index contributed by atoms with van der Waals surface area (Å²) in [6.45, 7) is 2.29. The molecule has 100 valence electrons. The smallest absolute Gasteiger partial charge is 0.141 e. The van der Waals surface area contributed by atoms with Crippen molar-refractivity contribution in [2.24, 2.45) is 5.73 Å². The predicted molar refractivity (Wildman–Crippen MR) is 71.0 cm³/mol. The SMILES string of the molecule is CN(C)CC1CCCN1c1ncc(F)cc1CN. The first kappa shape index (κ1) is 13.2. The molecule has 5 heteroatoms. The van der Waals surface area contributed by atoms with Gasteiger partial charge in [-0.25, -0.2) is 9.37 Å². The zero-order chi connectivity index (χ0) is 13.1. The summed E-state index contributed by atoms with van der Waals surface area (Å²) in [5.41, 5.74) is 6.48. The van der Waals surface area contributed by atoms with Crippen LogP contribution >= 0.6 is 0 Å². The van der Waals surface area contributed by atoms with Crippen LogP contribution in [0.2, 0.25) is 0 Å².